The van der Waals surface area contributed by atoms with E-state index in [0.717, 1.165) is 35.5 Å². The van der Waals surface area contributed by atoms with Gasteiger partial charge in [-0.2, -0.15) is 0 Å². The Morgan fingerprint density at radius 3 is 2.55 bits per heavy atom. The lowest BCUT2D eigenvalue weighted by molar-refractivity contribution is 1.03. The fourth-order valence-electron chi connectivity index (χ4n) is 2.21. The number of hydrogen-bond donors (Lipinski definition) is 0. The van der Waals surface area contributed by atoms with Gasteiger partial charge in [0.15, 0.2) is 0 Å². The molecule has 104 valence electrons. The van der Waals surface area contributed by atoms with Gasteiger partial charge in [-0.1, -0.05) is 30.4 Å². The Hall–Kier alpha value is -1.96. The Labute approximate surface area is 121 Å². The third-order valence-corrected chi connectivity index (χ3v) is 3.66. The number of nitrogens with zero attached hydrogens (tertiary/aromatic N) is 2. The van der Waals surface area contributed by atoms with Crippen molar-refractivity contribution in [2.45, 2.75) is 33.6 Å². The van der Waals surface area contributed by atoms with Crippen LogP contribution in [-0.2, 0) is 0 Å². The van der Waals surface area contributed by atoms with Gasteiger partial charge in [0.2, 0.25) is 0 Å². The van der Waals surface area contributed by atoms with Gasteiger partial charge in [-0.15, -0.1) is 0 Å². The van der Waals surface area contributed by atoms with E-state index in [1.54, 1.807) is 0 Å². The van der Waals surface area contributed by atoms with Crippen molar-refractivity contribution in [3.05, 3.63) is 53.1 Å². The summed E-state index contributed by atoms with van der Waals surface area (Å²) in [6.45, 7) is 6.20. The topological polar surface area (TPSA) is 24.7 Å². The minimum absolute atomic E-state index is 1.03. The number of aliphatic imine (C=N–C) groups is 2. The van der Waals surface area contributed by atoms with Gasteiger partial charge in [-0.25, -0.2) is 0 Å². The van der Waals surface area contributed by atoms with E-state index in [0.29, 0.717) is 0 Å². The molecule has 0 atom stereocenters. The summed E-state index contributed by atoms with van der Waals surface area (Å²) in [5.74, 6) is 0. The number of benzene rings is 1. The van der Waals surface area contributed by atoms with Crippen molar-refractivity contribution in [2.75, 3.05) is 7.05 Å². The second-order valence-electron chi connectivity index (χ2n) is 5.15. The van der Waals surface area contributed by atoms with Crippen LogP contribution in [0, 0.1) is 6.92 Å². The fraction of sp³-hybridized carbons (Fsp3) is 0.333. The van der Waals surface area contributed by atoms with Crippen molar-refractivity contribution in [1.82, 2.24) is 0 Å². The summed E-state index contributed by atoms with van der Waals surface area (Å²) in [4.78, 5) is 9.05. The molecule has 0 heterocycles. The Kier molecular flexibility index (Phi) is 4.67. The van der Waals surface area contributed by atoms with Crippen molar-refractivity contribution >= 4 is 17.1 Å². The van der Waals surface area contributed by atoms with Crippen LogP contribution in [0.15, 0.2) is 52.0 Å². The molecule has 1 aromatic rings. The summed E-state index contributed by atoms with van der Waals surface area (Å²) in [5, 5.41) is 0. The zero-order valence-corrected chi connectivity index (χ0v) is 12.8. The normalized spacial score (nSPS) is 16.3. The highest BCUT2D eigenvalue weighted by Crippen LogP contribution is 2.23. The molecule has 1 aromatic carbocycles. The van der Waals surface area contributed by atoms with Gasteiger partial charge >= 0.3 is 0 Å². The van der Waals surface area contributed by atoms with Gasteiger partial charge < -0.3 is 0 Å². The maximum absolute atomic E-state index is 4.80. The quantitative estimate of drug-likeness (QED) is 0.702. The lowest BCUT2D eigenvalue weighted by Gasteiger charge is -2.09. The molecular formula is C18H22N2. The molecule has 1 aliphatic rings. The SMILES string of the molecule is CN=C(C)c1ccc(C)c(N=C(C)C2=CCCC=C2)c1. The van der Waals surface area contributed by atoms with Crippen LogP contribution in [0.1, 0.15) is 37.8 Å². The molecule has 0 N–H and O–H groups in total. The monoisotopic (exact) mass is 266 g/mol. The van der Waals surface area contributed by atoms with E-state index in [-0.39, 0.29) is 0 Å². The third-order valence-electron chi connectivity index (χ3n) is 3.66. The molecule has 0 amide bonds. The van der Waals surface area contributed by atoms with E-state index >= 15 is 0 Å². The number of hydrogen-bond acceptors (Lipinski definition) is 2. The Morgan fingerprint density at radius 1 is 1.10 bits per heavy atom. The molecule has 2 heteroatoms. The van der Waals surface area contributed by atoms with Gasteiger partial charge in [-0.3, -0.25) is 9.98 Å². The molecule has 0 saturated heterocycles. The average molecular weight is 266 g/mol. The van der Waals surface area contributed by atoms with Crippen LogP contribution in [0.3, 0.4) is 0 Å². The molecule has 0 aromatic heterocycles. The molecule has 0 aliphatic heterocycles. The second-order valence-corrected chi connectivity index (χ2v) is 5.15. The third kappa shape index (κ3) is 3.32. The van der Waals surface area contributed by atoms with E-state index in [4.69, 9.17) is 4.99 Å². The molecule has 0 unspecified atom stereocenters. The van der Waals surface area contributed by atoms with Gasteiger partial charge in [-0.05, 0) is 56.4 Å². The van der Waals surface area contributed by atoms with Gasteiger partial charge in [0.05, 0.1) is 5.69 Å². The lowest BCUT2D eigenvalue weighted by Crippen LogP contribution is -1.98. The van der Waals surface area contributed by atoms with Gasteiger partial charge in [0.1, 0.15) is 0 Å². The summed E-state index contributed by atoms with van der Waals surface area (Å²) in [6.07, 6.45) is 8.89. The lowest BCUT2D eigenvalue weighted by atomic mass is 10.0. The molecule has 2 nitrogen and oxygen atoms in total. The molecule has 0 saturated carbocycles. The Balaban J connectivity index is 2.37. The van der Waals surface area contributed by atoms with Crippen LogP contribution >= 0.6 is 0 Å². The van der Waals surface area contributed by atoms with E-state index in [1.807, 2.05) is 14.0 Å². The molecular weight excluding hydrogens is 244 g/mol. The van der Waals surface area contributed by atoms with Crippen molar-refractivity contribution in [2.24, 2.45) is 9.98 Å². The maximum atomic E-state index is 4.80. The average Bonchev–Trinajstić information content (AvgIpc) is 2.49. The van der Waals surface area contributed by atoms with Crippen molar-refractivity contribution < 1.29 is 0 Å². The minimum Gasteiger partial charge on any atom is -0.293 e. The molecule has 0 radical (unpaired) electrons. The zero-order chi connectivity index (χ0) is 14.5. The van der Waals surface area contributed by atoms with E-state index in [2.05, 4.69) is 55.3 Å². The van der Waals surface area contributed by atoms with Crippen molar-refractivity contribution in [1.29, 1.82) is 0 Å². The van der Waals surface area contributed by atoms with Crippen LogP contribution in [-0.4, -0.2) is 18.5 Å². The summed E-state index contributed by atoms with van der Waals surface area (Å²) in [6, 6.07) is 6.33. The Bertz CT molecular complexity index is 616. The van der Waals surface area contributed by atoms with Crippen LogP contribution in [0.25, 0.3) is 0 Å². The minimum atomic E-state index is 1.03. The standard InChI is InChI=1S/C18H22N2/c1-13-10-11-17(14(2)19-4)12-18(13)20-15(3)16-8-6-5-7-9-16/h6,8-12H,5,7H2,1-4H3. The van der Waals surface area contributed by atoms with Crippen LogP contribution < -0.4 is 0 Å². The zero-order valence-electron chi connectivity index (χ0n) is 12.8. The van der Waals surface area contributed by atoms with E-state index in [9.17, 15) is 0 Å². The summed E-state index contributed by atoms with van der Waals surface area (Å²) >= 11 is 0. The van der Waals surface area contributed by atoms with E-state index < -0.39 is 0 Å². The van der Waals surface area contributed by atoms with Gasteiger partial charge in [0, 0.05) is 18.5 Å². The molecule has 1 aliphatic carbocycles. The summed E-state index contributed by atoms with van der Waals surface area (Å²) < 4.78 is 0. The van der Waals surface area contributed by atoms with E-state index in [1.165, 1.54) is 11.1 Å². The predicted molar refractivity (Wildman–Crippen MR) is 88.5 cm³/mol. The van der Waals surface area contributed by atoms with Crippen molar-refractivity contribution in [3.8, 4) is 0 Å². The first-order valence-corrected chi connectivity index (χ1v) is 7.08. The first-order valence-electron chi connectivity index (χ1n) is 7.08. The Morgan fingerprint density at radius 2 is 1.90 bits per heavy atom. The van der Waals surface area contributed by atoms with Crippen LogP contribution in [0.5, 0.6) is 0 Å². The highest BCUT2D eigenvalue weighted by atomic mass is 14.7. The maximum Gasteiger partial charge on any atom is 0.0668 e. The summed E-state index contributed by atoms with van der Waals surface area (Å²) in [7, 11) is 1.82. The predicted octanol–water partition coefficient (Wildman–Crippen LogP) is 4.80. The number of aryl methyl sites for hydroxylation is 1. The highest BCUT2D eigenvalue weighted by Gasteiger charge is 2.05. The van der Waals surface area contributed by atoms with Gasteiger partial charge in [0.25, 0.3) is 0 Å². The fourth-order valence-corrected chi connectivity index (χ4v) is 2.21. The molecule has 2 rings (SSSR count). The van der Waals surface area contributed by atoms with Crippen LogP contribution in [0.4, 0.5) is 5.69 Å². The number of rotatable bonds is 3. The molecule has 0 fully saturated rings. The molecule has 0 spiro atoms. The first kappa shape index (κ1) is 14.4. The molecule has 20 heavy (non-hydrogen) atoms. The van der Waals surface area contributed by atoms with Crippen molar-refractivity contribution in [3.63, 3.8) is 0 Å². The largest absolute Gasteiger partial charge is 0.293 e. The second kappa shape index (κ2) is 6.47. The highest BCUT2D eigenvalue weighted by molar-refractivity contribution is 6.03. The number of allylic oxidation sites excluding steroid dienone is 4. The first-order chi connectivity index (χ1) is 9.61. The van der Waals surface area contributed by atoms with Crippen LogP contribution in [0.2, 0.25) is 0 Å². The summed E-state index contributed by atoms with van der Waals surface area (Å²) in [5.41, 5.74) is 6.71. The molecule has 0 bridgehead atoms. The smallest absolute Gasteiger partial charge is 0.0668 e.